The van der Waals surface area contributed by atoms with Crippen LogP contribution in [0.25, 0.3) is 10.2 Å². The van der Waals surface area contributed by atoms with Gasteiger partial charge in [-0.25, -0.2) is 9.66 Å². The fourth-order valence-corrected chi connectivity index (χ4v) is 5.69. The first-order valence-electron chi connectivity index (χ1n) is 10.8. The highest BCUT2D eigenvalue weighted by Crippen LogP contribution is 2.33. The van der Waals surface area contributed by atoms with Crippen molar-refractivity contribution < 1.29 is 14.4 Å². The Hall–Kier alpha value is -3.33. The van der Waals surface area contributed by atoms with Gasteiger partial charge in [-0.2, -0.15) is 0 Å². The van der Waals surface area contributed by atoms with Gasteiger partial charge in [0.15, 0.2) is 0 Å². The van der Waals surface area contributed by atoms with E-state index in [1.54, 1.807) is 29.5 Å². The number of thiophene rings is 1. The van der Waals surface area contributed by atoms with Crippen molar-refractivity contribution in [1.82, 2.24) is 9.66 Å². The van der Waals surface area contributed by atoms with E-state index in [0.29, 0.717) is 23.3 Å². The molecule has 3 heterocycles. The van der Waals surface area contributed by atoms with E-state index in [4.69, 9.17) is 0 Å². The smallest absolute Gasteiger partial charge is 0.274 e. The van der Waals surface area contributed by atoms with Crippen molar-refractivity contribution >= 4 is 45.0 Å². The minimum Gasteiger partial charge on any atom is -0.274 e. The number of hydrogen-bond acceptors (Lipinski definition) is 6. The number of nitrogens with zero attached hydrogens (tertiary/aromatic N) is 3. The second kappa shape index (κ2) is 7.98. The van der Waals surface area contributed by atoms with Crippen LogP contribution in [-0.4, -0.2) is 27.4 Å². The Morgan fingerprint density at radius 2 is 1.84 bits per heavy atom. The van der Waals surface area contributed by atoms with Gasteiger partial charge in [-0.05, 0) is 49.4 Å². The van der Waals surface area contributed by atoms with Gasteiger partial charge in [0.2, 0.25) is 11.8 Å². The van der Waals surface area contributed by atoms with E-state index in [1.165, 1.54) is 15.6 Å². The topological polar surface area (TPSA) is 101 Å². The third-order valence-corrected chi connectivity index (χ3v) is 7.19. The van der Waals surface area contributed by atoms with Crippen LogP contribution < -0.4 is 15.9 Å². The molecule has 1 aliphatic carbocycles. The van der Waals surface area contributed by atoms with Crippen molar-refractivity contribution in [1.29, 1.82) is 0 Å². The first-order valence-corrected chi connectivity index (χ1v) is 11.6. The first kappa shape index (κ1) is 20.6. The number of imide groups is 1. The van der Waals surface area contributed by atoms with Crippen molar-refractivity contribution in [2.75, 3.05) is 10.3 Å². The maximum Gasteiger partial charge on any atom is 0.281 e. The summed E-state index contributed by atoms with van der Waals surface area (Å²) in [6.45, 7) is 1.88. The summed E-state index contributed by atoms with van der Waals surface area (Å²) in [5.74, 6) is -0.591. The summed E-state index contributed by atoms with van der Waals surface area (Å²) in [5, 5.41) is 0.601. The molecule has 1 aromatic carbocycles. The van der Waals surface area contributed by atoms with Crippen LogP contribution >= 0.6 is 11.3 Å². The van der Waals surface area contributed by atoms with Gasteiger partial charge in [0.25, 0.3) is 11.5 Å². The van der Waals surface area contributed by atoms with Gasteiger partial charge in [-0.15, -0.1) is 11.3 Å². The number of amides is 3. The van der Waals surface area contributed by atoms with Crippen molar-refractivity contribution in [3.05, 3.63) is 56.4 Å². The van der Waals surface area contributed by atoms with Crippen LogP contribution in [0.4, 0.5) is 5.69 Å². The number of carbonyl (C=O) groups is 3. The average Bonchev–Trinajstić information content (AvgIpc) is 3.34. The monoisotopic (exact) mass is 450 g/mol. The summed E-state index contributed by atoms with van der Waals surface area (Å²) in [4.78, 5) is 58.3. The molecule has 1 N–H and O–H groups in total. The zero-order chi connectivity index (χ0) is 22.4. The molecule has 8 nitrogen and oxygen atoms in total. The molecule has 164 valence electrons. The van der Waals surface area contributed by atoms with Gasteiger partial charge in [0, 0.05) is 29.7 Å². The lowest BCUT2D eigenvalue weighted by atomic mass is 9.97. The first-order chi connectivity index (χ1) is 15.5. The maximum absolute atomic E-state index is 13.4. The number of fused-ring (bicyclic) bond motifs is 3. The van der Waals surface area contributed by atoms with Crippen molar-refractivity contribution in [3.63, 3.8) is 0 Å². The van der Waals surface area contributed by atoms with Crippen LogP contribution in [0, 0.1) is 0 Å². The summed E-state index contributed by atoms with van der Waals surface area (Å²) in [6.07, 6.45) is 4.79. The van der Waals surface area contributed by atoms with Crippen LogP contribution in [0.2, 0.25) is 0 Å². The summed E-state index contributed by atoms with van der Waals surface area (Å²) in [7, 11) is 0. The molecule has 3 amide bonds. The summed E-state index contributed by atoms with van der Waals surface area (Å²) in [6, 6.07) is 6.31. The number of rotatable bonds is 4. The van der Waals surface area contributed by atoms with Gasteiger partial charge in [0.1, 0.15) is 10.7 Å². The lowest BCUT2D eigenvalue weighted by Crippen LogP contribution is -2.36. The number of carbonyl (C=O) groups excluding carboxylic acids is 3. The molecule has 9 heteroatoms. The summed E-state index contributed by atoms with van der Waals surface area (Å²) in [5.41, 5.74) is 4.10. The lowest BCUT2D eigenvalue weighted by Gasteiger charge is -2.16. The molecule has 32 heavy (non-hydrogen) atoms. The van der Waals surface area contributed by atoms with E-state index in [-0.39, 0.29) is 35.8 Å². The molecule has 1 saturated heterocycles. The molecule has 2 aromatic heterocycles. The lowest BCUT2D eigenvalue weighted by molar-refractivity contribution is -0.121. The quantitative estimate of drug-likeness (QED) is 0.616. The number of anilines is 1. The zero-order valence-electron chi connectivity index (χ0n) is 17.6. The molecule has 1 fully saturated rings. The molecule has 0 bridgehead atoms. The van der Waals surface area contributed by atoms with Crippen molar-refractivity contribution in [2.45, 2.75) is 51.9 Å². The van der Waals surface area contributed by atoms with E-state index in [0.717, 1.165) is 41.0 Å². The standard InChI is InChI=1S/C23H22N4O4S/c1-2-17-24-22-20(15-8-3-4-9-16(15)32-22)23(31)27(17)25-21(30)13-6-5-7-14(12-13)26-18(28)10-11-19(26)29/h5-7,12H,2-4,8-11H2,1H3,(H,25,30). The van der Waals surface area contributed by atoms with Crippen LogP contribution in [0.5, 0.6) is 0 Å². The third kappa shape index (κ3) is 3.33. The van der Waals surface area contributed by atoms with Crippen LogP contribution in [0.3, 0.4) is 0 Å². The predicted octanol–water partition coefficient (Wildman–Crippen LogP) is 2.94. The minimum absolute atomic E-state index is 0.168. The normalized spacial score (nSPS) is 16.0. The highest BCUT2D eigenvalue weighted by Gasteiger charge is 2.30. The predicted molar refractivity (Wildman–Crippen MR) is 122 cm³/mol. The van der Waals surface area contributed by atoms with Gasteiger partial charge in [0.05, 0.1) is 11.1 Å². The Morgan fingerprint density at radius 3 is 2.59 bits per heavy atom. The molecule has 0 atom stereocenters. The number of aryl methyl sites for hydroxylation is 3. The SMILES string of the molecule is CCc1nc2sc3c(c2c(=O)n1NC(=O)c1cccc(N2C(=O)CCC2=O)c1)CCCC3. The molecular weight excluding hydrogens is 428 g/mol. The van der Waals surface area contributed by atoms with E-state index in [9.17, 15) is 19.2 Å². The molecule has 2 aliphatic rings. The number of nitrogens with one attached hydrogen (secondary N) is 1. The molecule has 0 saturated carbocycles. The van der Waals surface area contributed by atoms with Gasteiger partial charge < -0.3 is 0 Å². The molecule has 3 aromatic rings. The number of hydrogen-bond donors (Lipinski definition) is 1. The Kier molecular flexibility index (Phi) is 5.13. The second-order valence-corrected chi connectivity index (χ2v) is 9.11. The number of aromatic nitrogens is 2. The summed E-state index contributed by atoms with van der Waals surface area (Å²) >= 11 is 1.58. The fraction of sp³-hybridized carbons (Fsp3) is 0.348. The minimum atomic E-state index is -0.506. The third-order valence-electron chi connectivity index (χ3n) is 6.01. The van der Waals surface area contributed by atoms with E-state index < -0.39 is 5.91 Å². The van der Waals surface area contributed by atoms with E-state index in [2.05, 4.69) is 10.4 Å². The van der Waals surface area contributed by atoms with E-state index in [1.807, 2.05) is 6.92 Å². The molecule has 0 spiro atoms. The van der Waals surface area contributed by atoms with Crippen molar-refractivity contribution in [2.24, 2.45) is 0 Å². The van der Waals surface area contributed by atoms with Gasteiger partial charge in [-0.3, -0.25) is 29.5 Å². The van der Waals surface area contributed by atoms with Gasteiger partial charge >= 0.3 is 0 Å². The largest absolute Gasteiger partial charge is 0.281 e. The highest BCUT2D eigenvalue weighted by atomic mass is 32.1. The molecule has 5 rings (SSSR count). The Morgan fingerprint density at radius 1 is 1.09 bits per heavy atom. The Bertz CT molecular complexity index is 1320. The van der Waals surface area contributed by atoms with Gasteiger partial charge in [-0.1, -0.05) is 13.0 Å². The van der Waals surface area contributed by atoms with Crippen LogP contribution in [0.15, 0.2) is 29.1 Å². The second-order valence-electron chi connectivity index (χ2n) is 8.03. The van der Waals surface area contributed by atoms with Crippen LogP contribution in [0.1, 0.15) is 59.2 Å². The summed E-state index contributed by atoms with van der Waals surface area (Å²) < 4.78 is 1.24. The Balaban J connectivity index is 1.52. The fourth-order valence-electron chi connectivity index (χ4n) is 4.42. The molecule has 1 aliphatic heterocycles. The molecular formula is C23H22N4O4S. The van der Waals surface area contributed by atoms with Crippen LogP contribution in [-0.2, 0) is 28.9 Å². The average molecular weight is 451 g/mol. The highest BCUT2D eigenvalue weighted by molar-refractivity contribution is 7.18. The Labute approximate surface area is 187 Å². The van der Waals surface area contributed by atoms with E-state index >= 15 is 0 Å². The molecule has 0 unspecified atom stereocenters. The zero-order valence-corrected chi connectivity index (χ0v) is 18.5. The van der Waals surface area contributed by atoms with Crippen molar-refractivity contribution in [3.8, 4) is 0 Å². The maximum atomic E-state index is 13.4. The number of benzene rings is 1. The molecule has 0 radical (unpaired) electrons.